The topological polar surface area (TPSA) is 46.0 Å². The zero-order chi connectivity index (χ0) is 13.8. The van der Waals surface area contributed by atoms with Crippen LogP contribution in [0.15, 0.2) is 36.9 Å². The van der Waals surface area contributed by atoms with Gasteiger partial charge in [-0.2, -0.15) is 0 Å². The zero-order valence-corrected chi connectivity index (χ0v) is 11.9. The van der Waals surface area contributed by atoms with Crippen LogP contribution >= 0.6 is 0 Å². The summed E-state index contributed by atoms with van der Waals surface area (Å²) in [5.41, 5.74) is 1.26. The van der Waals surface area contributed by atoms with E-state index in [0.717, 1.165) is 38.5 Å². The zero-order valence-electron chi connectivity index (χ0n) is 11.9. The highest BCUT2D eigenvalue weighted by Crippen LogP contribution is 2.11. The number of nitrogens with one attached hydrogen (secondary N) is 1. The molecule has 1 aliphatic rings. The van der Waals surface area contributed by atoms with Gasteiger partial charge in [0.2, 0.25) is 0 Å². The van der Waals surface area contributed by atoms with E-state index in [9.17, 15) is 0 Å². The van der Waals surface area contributed by atoms with E-state index in [1.807, 2.05) is 24.7 Å². The summed E-state index contributed by atoms with van der Waals surface area (Å²) in [6.45, 7) is 4.97. The highest BCUT2D eigenvalue weighted by Gasteiger charge is 2.17. The first-order chi connectivity index (χ1) is 9.81. The van der Waals surface area contributed by atoms with Crippen LogP contribution in [0.4, 0.5) is 0 Å². The molecule has 5 heteroatoms. The Morgan fingerprint density at radius 1 is 1.45 bits per heavy atom. The number of rotatable bonds is 4. The van der Waals surface area contributed by atoms with Crippen molar-refractivity contribution in [2.45, 2.75) is 19.6 Å². The Kier molecular flexibility index (Phi) is 4.08. The van der Waals surface area contributed by atoms with Crippen molar-refractivity contribution in [1.29, 1.82) is 0 Å². The molecule has 0 saturated heterocycles. The molecule has 1 aliphatic heterocycles. The molecule has 2 aromatic heterocycles. The molecule has 0 aromatic carbocycles. The van der Waals surface area contributed by atoms with Crippen molar-refractivity contribution in [2.75, 3.05) is 20.1 Å². The van der Waals surface area contributed by atoms with E-state index in [1.165, 1.54) is 5.56 Å². The Morgan fingerprint density at radius 2 is 2.40 bits per heavy atom. The van der Waals surface area contributed by atoms with Gasteiger partial charge >= 0.3 is 0 Å². The van der Waals surface area contributed by atoms with Gasteiger partial charge in [0.05, 0.1) is 6.54 Å². The van der Waals surface area contributed by atoms with Crippen LogP contribution in [-0.4, -0.2) is 39.6 Å². The fourth-order valence-electron chi connectivity index (χ4n) is 2.84. The van der Waals surface area contributed by atoms with E-state index in [-0.39, 0.29) is 0 Å². The van der Waals surface area contributed by atoms with Crippen molar-refractivity contribution in [3.8, 4) is 0 Å². The van der Waals surface area contributed by atoms with Crippen molar-refractivity contribution < 1.29 is 0 Å². The molecule has 0 bridgehead atoms. The van der Waals surface area contributed by atoms with Crippen LogP contribution < -0.4 is 5.32 Å². The number of nitrogens with zero attached hydrogens (tertiary/aromatic N) is 4. The Balaban J connectivity index is 1.57. The molecular weight excluding hydrogens is 250 g/mol. The van der Waals surface area contributed by atoms with E-state index < -0.39 is 0 Å². The SMILES string of the molecule is CN(Cc1cccnc1)CC1CNCc2nccn2C1. The highest BCUT2D eigenvalue weighted by molar-refractivity contribution is 5.08. The van der Waals surface area contributed by atoms with Crippen molar-refractivity contribution in [3.05, 3.63) is 48.3 Å². The third-order valence-electron chi connectivity index (χ3n) is 3.72. The van der Waals surface area contributed by atoms with Crippen LogP contribution in [0, 0.1) is 5.92 Å². The summed E-state index contributed by atoms with van der Waals surface area (Å²) in [7, 11) is 2.17. The largest absolute Gasteiger partial charge is 0.333 e. The van der Waals surface area contributed by atoms with Crippen LogP contribution in [0.5, 0.6) is 0 Å². The molecule has 0 radical (unpaired) electrons. The summed E-state index contributed by atoms with van der Waals surface area (Å²) in [5.74, 6) is 1.74. The number of imidazole rings is 1. The van der Waals surface area contributed by atoms with Crippen LogP contribution in [-0.2, 0) is 19.6 Å². The van der Waals surface area contributed by atoms with Gasteiger partial charge in [0.1, 0.15) is 5.82 Å². The van der Waals surface area contributed by atoms with E-state index in [1.54, 1.807) is 0 Å². The summed E-state index contributed by atoms with van der Waals surface area (Å²) >= 11 is 0. The van der Waals surface area contributed by atoms with Gasteiger partial charge in [0.15, 0.2) is 0 Å². The minimum atomic E-state index is 0.604. The highest BCUT2D eigenvalue weighted by atomic mass is 15.1. The second-order valence-electron chi connectivity index (χ2n) is 5.55. The molecule has 0 amide bonds. The van der Waals surface area contributed by atoms with Gasteiger partial charge in [-0.3, -0.25) is 4.98 Å². The van der Waals surface area contributed by atoms with Gasteiger partial charge in [-0.25, -0.2) is 4.98 Å². The lowest BCUT2D eigenvalue weighted by molar-refractivity contribution is 0.252. The molecule has 0 spiro atoms. The van der Waals surface area contributed by atoms with E-state index in [0.29, 0.717) is 5.92 Å². The molecule has 20 heavy (non-hydrogen) atoms. The predicted octanol–water partition coefficient (Wildman–Crippen LogP) is 1.13. The van der Waals surface area contributed by atoms with Gasteiger partial charge in [-0.1, -0.05) is 6.07 Å². The molecule has 0 saturated carbocycles. The van der Waals surface area contributed by atoms with Crippen molar-refractivity contribution in [1.82, 2.24) is 24.8 Å². The maximum atomic E-state index is 4.38. The Labute approximate surface area is 119 Å². The molecule has 1 unspecified atom stereocenters. The molecule has 5 nitrogen and oxygen atoms in total. The molecule has 2 aromatic rings. The number of fused-ring (bicyclic) bond motifs is 1. The summed E-state index contributed by atoms with van der Waals surface area (Å²) in [6, 6.07) is 4.12. The first kappa shape index (κ1) is 13.3. The first-order valence-corrected chi connectivity index (χ1v) is 7.09. The van der Waals surface area contributed by atoms with Crippen molar-refractivity contribution in [2.24, 2.45) is 5.92 Å². The molecule has 3 rings (SSSR count). The third kappa shape index (κ3) is 3.23. The molecular formula is C15H21N5. The lowest BCUT2D eigenvalue weighted by Crippen LogP contribution is -2.32. The molecule has 0 aliphatic carbocycles. The number of hydrogen-bond donors (Lipinski definition) is 1. The number of aromatic nitrogens is 3. The molecule has 106 valence electrons. The van der Waals surface area contributed by atoms with Crippen molar-refractivity contribution in [3.63, 3.8) is 0 Å². The molecule has 3 heterocycles. The average molecular weight is 271 g/mol. The third-order valence-corrected chi connectivity index (χ3v) is 3.72. The first-order valence-electron chi connectivity index (χ1n) is 7.09. The van der Waals surface area contributed by atoms with Crippen LogP contribution in [0.2, 0.25) is 0 Å². The van der Waals surface area contributed by atoms with Gasteiger partial charge in [0.25, 0.3) is 0 Å². The van der Waals surface area contributed by atoms with Gasteiger partial charge in [-0.05, 0) is 18.7 Å². The second-order valence-corrected chi connectivity index (χ2v) is 5.55. The Hall–Kier alpha value is -1.72. The van der Waals surface area contributed by atoms with E-state index in [2.05, 4.69) is 44.1 Å². The number of hydrogen-bond acceptors (Lipinski definition) is 4. The van der Waals surface area contributed by atoms with Crippen LogP contribution in [0.25, 0.3) is 0 Å². The minimum Gasteiger partial charge on any atom is -0.333 e. The molecule has 1 atom stereocenters. The average Bonchev–Trinajstić information content (AvgIpc) is 2.79. The van der Waals surface area contributed by atoms with Gasteiger partial charge < -0.3 is 14.8 Å². The lowest BCUT2D eigenvalue weighted by Gasteiger charge is -2.23. The molecule has 0 fully saturated rings. The molecule has 1 N–H and O–H groups in total. The van der Waals surface area contributed by atoms with Gasteiger partial charge in [0, 0.05) is 56.9 Å². The summed E-state index contributed by atoms with van der Waals surface area (Å²) < 4.78 is 2.27. The quantitative estimate of drug-likeness (QED) is 0.905. The smallest absolute Gasteiger partial charge is 0.122 e. The van der Waals surface area contributed by atoms with Crippen LogP contribution in [0.1, 0.15) is 11.4 Å². The van der Waals surface area contributed by atoms with Crippen LogP contribution in [0.3, 0.4) is 0 Å². The maximum Gasteiger partial charge on any atom is 0.122 e. The van der Waals surface area contributed by atoms with E-state index >= 15 is 0 Å². The normalized spacial score (nSPS) is 18.8. The Bertz CT molecular complexity index is 536. The number of pyridine rings is 1. The lowest BCUT2D eigenvalue weighted by atomic mass is 10.1. The minimum absolute atomic E-state index is 0.604. The second kappa shape index (κ2) is 6.15. The summed E-state index contributed by atoms with van der Waals surface area (Å²) in [6.07, 6.45) is 7.73. The van der Waals surface area contributed by atoms with Crippen molar-refractivity contribution >= 4 is 0 Å². The fourth-order valence-corrected chi connectivity index (χ4v) is 2.84. The standard InChI is InChI=1S/C15H21N5/c1-19(10-13-3-2-4-16-7-13)11-14-8-17-9-15-18-5-6-20(15)12-14/h2-7,14,17H,8-12H2,1H3. The fraction of sp³-hybridized carbons (Fsp3) is 0.467. The summed E-state index contributed by atoms with van der Waals surface area (Å²) in [5, 5.41) is 3.49. The monoisotopic (exact) mass is 271 g/mol. The summed E-state index contributed by atoms with van der Waals surface area (Å²) in [4.78, 5) is 10.9. The van der Waals surface area contributed by atoms with Gasteiger partial charge in [-0.15, -0.1) is 0 Å². The predicted molar refractivity (Wildman–Crippen MR) is 78.0 cm³/mol. The Morgan fingerprint density at radius 3 is 3.25 bits per heavy atom. The maximum absolute atomic E-state index is 4.38. The van der Waals surface area contributed by atoms with E-state index in [4.69, 9.17) is 0 Å².